The Labute approximate surface area is 243 Å². The van der Waals surface area contributed by atoms with E-state index in [9.17, 15) is 9.59 Å². The molecule has 0 aliphatic carbocycles. The van der Waals surface area contributed by atoms with Gasteiger partial charge in [-0.2, -0.15) is 0 Å². The molecule has 0 aromatic heterocycles. The number of nitrogens with one attached hydrogen (secondary N) is 2. The molecule has 0 radical (unpaired) electrons. The Balaban J connectivity index is 0.000000603. The Morgan fingerprint density at radius 2 is 1.40 bits per heavy atom. The van der Waals surface area contributed by atoms with E-state index in [1.807, 2.05) is 64.1 Å². The average Bonchev–Trinajstić information content (AvgIpc) is 2.91. The number of benzene rings is 2. The molecule has 1 atom stereocenters. The largest absolute Gasteiger partial charge is 0.377 e. The highest BCUT2D eigenvalue weighted by Gasteiger charge is 2.28. The molecular weight excluding hydrogens is 500 g/mol. The van der Waals surface area contributed by atoms with E-state index < -0.39 is 0 Å². The van der Waals surface area contributed by atoms with Gasteiger partial charge in [0.25, 0.3) is 0 Å². The van der Waals surface area contributed by atoms with Crippen LogP contribution >= 0.6 is 0 Å². The van der Waals surface area contributed by atoms with E-state index in [4.69, 9.17) is 4.74 Å². The molecule has 0 aliphatic rings. The van der Waals surface area contributed by atoms with Gasteiger partial charge in [-0.05, 0) is 96.8 Å². The topological polar surface area (TPSA) is 73.9 Å². The Kier molecular flexibility index (Phi) is 15.7. The highest BCUT2D eigenvalue weighted by Crippen LogP contribution is 2.21. The molecule has 0 saturated carbocycles. The Morgan fingerprint density at radius 1 is 0.900 bits per heavy atom. The number of likely N-dealkylation sites (N-methyl/N-ethyl adjacent to an activating group) is 1. The molecule has 2 aromatic rings. The van der Waals surface area contributed by atoms with Crippen molar-refractivity contribution in [1.29, 1.82) is 0 Å². The van der Waals surface area contributed by atoms with E-state index in [1.165, 1.54) is 0 Å². The van der Waals surface area contributed by atoms with Crippen molar-refractivity contribution < 1.29 is 14.3 Å². The predicted molar refractivity (Wildman–Crippen MR) is 169 cm³/mol. The van der Waals surface area contributed by atoms with Crippen LogP contribution in [0.15, 0.2) is 36.4 Å². The van der Waals surface area contributed by atoms with Gasteiger partial charge in [0.15, 0.2) is 0 Å². The highest BCUT2D eigenvalue weighted by atomic mass is 16.5. The van der Waals surface area contributed by atoms with Crippen molar-refractivity contribution in [3.05, 3.63) is 58.7 Å². The summed E-state index contributed by atoms with van der Waals surface area (Å²) in [6.07, 6.45) is 1.93. The maximum Gasteiger partial charge on any atom is 0.238 e. The Bertz CT molecular complexity index is 1010. The van der Waals surface area contributed by atoms with Crippen molar-refractivity contribution >= 4 is 23.7 Å². The number of rotatable bonds is 15. The van der Waals surface area contributed by atoms with Crippen LogP contribution in [0, 0.1) is 27.7 Å². The molecule has 2 aromatic carbocycles. The number of nitrogens with zero attached hydrogens (tertiary/aromatic N) is 2. The summed E-state index contributed by atoms with van der Waals surface area (Å²) in [7, 11) is 0. The van der Waals surface area contributed by atoms with Crippen LogP contribution in [0.4, 0.5) is 11.4 Å². The van der Waals surface area contributed by atoms with Crippen LogP contribution in [0.3, 0.4) is 0 Å². The molecule has 0 aliphatic heterocycles. The summed E-state index contributed by atoms with van der Waals surface area (Å²) in [6.45, 7) is 25.9. The predicted octanol–water partition coefficient (Wildman–Crippen LogP) is 6.35. The summed E-state index contributed by atoms with van der Waals surface area (Å²) in [5.41, 5.74) is 6.00. The van der Waals surface area contributed by atoms with Gasteiger partial charge >= 0.3 is 0 Å². The summed E-state index contributed by atoms with van der Waals surface area (Å²) in [5, 5.41) is 5.76. The van der Waals surface area contributed by atoms with Crippen LogP contribution in [-0.2, 0) is 14.3 Å². The normalized spacial score (nSPS) is 12.1. The lowest BCUT2D eigenvalue weighted by atomic mass is 10.0. The van der Waals surface area contributed by atoms with Gasteiger partial charge in [-0.1, -0.05) is 57.2 Å². The number of para-hydroxylation sites is 2. The van der Waals surface area contributed by atoms with E-state index in [2.05, 4.69) is 62.0 Å². The molecular formula is C33H54N4O3. The minimum absolute atomic E-state index is 0.0203. The zero-order valence-electron chi connectivity index (χ0n) is 26.7. The Hall–Kier alpha value is -2.74. The molecule has 0 fully saturated rings. The van der Waals surface area contributed by atoms with Crippen LogP contribution < -0.4 is 10.6 Å². The summed E-state index contributed by atoms with van der Waals surface area (Å²) >= 11 is 0. The molecule has 0 spiro atoms. The molecule has 0 heterocycles. The smallest absolute Gasteiger partial charge is 0.238 e. The van der Waals surface area contributed by atoms with Crippen LogP contribution in [0.1, 0.15) is 70.2 Å². The molecule has 40 heavy (non-hydrogen) atoms. The fraction of sp³-hybridized carbons (Fsp3) is 0.576. The first-order valence-electron chi connectivity index (χ1n) is 14.6. The standard InChI is InChI=1S/C24H43N3O2.C9H11NO/c1-9-26(10-2)16-15-21(6)29-18-24(7,8)27(11-3)17-22(28)25-23-19(4)13-12-14-20(23)5;1-7-4-3-5-8(2)9(7)10-6-11/h12-14,21H,9-11,15-18H2,1-8H3,(H,25,28);3-6H,1-2H3,(H,10,11). The quantitative estimate of drug-likeness (QED) is 0.251. The number of carbonyl (C=O) groups is 2. The second-order valence-electron chi connectivity index (χ2n) is 11.1. The number of ether oxygens (including phenoxy) is 1. The van der Waals surface area contributed by atoms with Crippen molar-refractivity contribution in [3.63, 3.8) is 0 Å². The molecule has 224 valence electrons. The van der Waals surface area contributed by atoms with E-state index >= 15 is 0 Å². The number of amides is 2. The molecule has 2 rings (SSSR count). The number of carbonyl (C=O) groups excluding carboxylic acids is 2. The summed E-state index contributed by atoms with van der Waals surface area (Å²) in [6, 6.07) is 12.0. The van der Waals surface area contributed by atoms with E-state index in [0.717, 1.165) is 66.2 Å². The van der Waals surface area contributed by atoms with Gasteiger partial charge in [0.2, 0.25) is 12.3 Å². The second-order valence-corrected chi connectivity index (χ2v) is 11.1. The fourth-order valence-electron chi connectivity index (χ4n) is 4.64. The molecule has 2 amide bonds. The highest BCUT2D eigenvalue weighted by molar-refractivity contribution is 5.93. The zero-order valence-corrected chi connectivity index (χ0v) is 26.7. The SMILES string of the molecule is CCN(CC)CCC(C)OCC(C)(C)N(CC)CC(=O)Nc1c(C)cccc1C.Cc1cccc(C)c1NC=O. The van der Waals surface area contributed by atoms with E-state index in [0.29, 0.717) is 19.6 Å². The Morgan fingerprint density at radius 3 is 1.85 bits per heavy atom. The number of hydrogen-bond acceptors (Lipinski definition) is 5. The van der Waals surface area contributed by atoms with Gasteiger partial charge in [-0.3, -0.25) is 14.5 Å². The molecule has 7 heteroatoms. The van der Waals surface area contributed by atoms with Crippen molar-refractivity contribution in [2.24, 2.45) is 0 Å². The zero-order chi connectivity index (χ0) is 30.3. The van der Waals surface area contributed by atoms with E-state index in [-0.39, 0.29) is 17.6 Å². The van der Waals surface area contributed by atoms with Crippen LogP contribution in [-0.4, -0.2) is 73.1 Å². The first kappa shape index (κ1) is 35.3. The minimum Gasteiger partial charge on any atom is -0.377 e. The lowest BCUT2D eigenvalue weighted by Crippen LogP contribution is -2.51. The molecule has 7 nitrogen and oxygen atoms in total. The maximum atomic E-state index is 12.7. The van der Waals surface area contributed by atoms with Gasteiger partial charge in [0.05, 0.1) is 19.3 Å². The maximum absolute atomic E-state index is 12.7. The lowest BCUT2D eigenvalue weighted by molar-refractivity contribution is -0.119. The van der Waals surface area contributed by atoms with Gasteiger partial charge in [0.1, 0.15) is 0 Å². The third kappa shape index (κ3) is 11.8. The van der Waals surface area contributed by atoms with Gasteiger partial charge in [0, 0.05) is 23.5 Å². The second kappa shape index (κ2) is 17.8. The van der Waals surface area contributed by atoms with E-state index in [1.54, 1.807) is 0 Å². The van der Waals surface area contributed by atoms with Crippen molar-refractivity contribution in [2.75, 3.05) is 50.0 Å². The average molecular weight is 555 g/mol. The lowest BCUT2D eigenvalue weighted by Gasteiger charge is -2.38. The first-order valence-corrected chi connectivity index (χ1v) is 14.6. The van der Waals surface area contributed by atoms with Crippen LogP contribution in [0.5, 0.6) is 0 Å². The van der Waals surface area contributed by atoms with Gasteiger partial charge < -0.3 is 20.3 Å². The molecule has 0 saturated heterocycles. The van der Waals surface area contributed by atoms with Crippen molar-refractivity contribution in [3.8, 4) is 0 Å². The summed E-state index contributed by atoms with van der Waals surface area (Å²) in [4.78, 5) is 27.5. The minimum atomic E-state index is -0.212. The molecule has 0 bridgehead atoms. The third-order valence-corrected chi connectivity index (χ3v) is 7.47. The number of anilines is 2. The molecule has 2 N–H and O–H groups in total. The first-order chi connectivity index (χ1) is 18.9. The summed E-state index contributed by atoms with van der Waals surface area (Å²) in [5.74, 6) is 0.0203. The monoisotopic (exact) mass is 554 g/mol. The third-order valence-electron chi connectivity index (χ3n) is 7.47. The van der Waals surface area contributed by atoms with Gasteiger partial charge in [-0.15, -0.1) is 0 Å². The van der Waals surface area contributed by atoms with Crippen molar-refractivity contribution in [2.45, 2.75) is 87.3 Å². The summed E-state index contributed by atoms with van der Waals surface area (Å²) < 4.78 is 6.17. The van der Waals surface area contributed by atoms with Gasteiger partial charge in [-0.25, -0.2) is 0 Å². The fourth-order valence-corrected chi connectivity index (χ4v) is 4.64. The van der Waals surface area contributed by atoms with Crippen molar-refractivity contribution in [1.82, 2.24) is 9.80 Å². The molecule has 1 unspecified atom stereocenters. The number of hydrogen-bond donors (Lipinski definition) is 2. The van der Waals surface area contributed by atoms with Crippen LogP contribution in [0.2, 0.25) is 0 Å². The number of aryl methyl sites for hydroxylation is 4. The van der Waals surface area contributed by atoms with Crippen LogP contribution in [0.25, 0.3) is 0 Å².